The van der Waals surface area contributed by atoms with Crippen molar-refractivity contribution in [3.05, 3.63) is 41.6 Å². The second-order valence-electron chi connectivity index (χ2n) is 7.50. The van der Waals surface area contributed by atoms with E-state index in [9.17, 15) is 22.7 Å². The van der Waals surface area contributed by atoms with E-state index < -0.39 is 28.8 Å². The molecule has 1 unspecified atom stereocenters. The molecule has 1 aromatic heterocycles. The van der Waals surface area contributed by atoms with Gasteiger partial charge in [-0.05, 0) is 48.6 Å². The second-order valence-corrected chi connectivity index (χ2v) is 9.46. The lowest BCUT2D eigenvalue weighted by Gasteiger charge is -2.42. The number of carbonyl (C=O) groups excluding carboxylic acids is 1. The van der Waals surface area contributed by atoms with Crippen LogP contribution < -0.4 is 8.61 Å². The highest BCUT2D eigenvalue weighted by atomic mass is 32.3. The molecular weight excluding hydrogens is 416 g/mol. The van der Waals surface area contributed by atoms with Gasteiger partial charge in [-0.2, -0.15) is 0 Å². The van der Waals surface area contributed by atoms with Crippen molar-refractivity contribution in [2.24, 2.45) is 5.92 Å². The van der Waals surface area contributed by atoms with Crippen LogP contribution in [0.25, 0.3) is 11.3 Å². The number of nitrogens with zero attached hydrogens (tertiary/aromatic N) is 3. The number of aryl methyl sites for hydroxylation is 1. The van der Waals surface area contributed by atoms with Crippen LogP contribution in [0, 0.1) is 12.8 Å². The molecule has 2 aliphatic rings. The van der Waals surface area contributed by atoms with Crippen molar-refractivity contribution >= 4 is 28.3 Å². The second kappa shape index (κ2) is 7.07. The first-order chi connectivity index (χ1) is 14.1. The molecule has 1 aliphatic carbocycles. The van der Waals surface area contributed by atoms with Crippen LogP contribution in [0.4, 0.5) is 20.2 Å². The highest BCUT2D eigenvalue weighted by Crippen LogP contribution is 2.63. The predicted octanol–water partition coefficient (Wildman–Crippen LogP) is 4.73. The highest BCUT2D eigenvalue weighted by Gasteiger charge is 2.59. The van der Waals surface area contributed by atoms with Crippen LogP contribution in [0.2, 0.25) is 0 Å². The van der Waals surface area contributed by atoms with Crippen LogP contribution >= 0.6 is 11.0 Å². The van der Waals surface area contributed by atoms with Crippen molar-refractivity contribution in [1.29, 1.82) is 0 Å². The maximum Gasteiger partial charge on any atom is 0.356 e. The lowest BCUT2D eigenvalue weighted by molar-refractivity contribution is 0.0519. The Kier molecular flexibility index (Phi) is 4.91. The van der Waals surface area contributed by atoms with E-state index >= 15 is 0 Å². The molecule has 10 heteroatoms. The topological polar surface area (TPSA) is 86.1 Å². The number of halogens is 2. The number of ether oxygens (including phenoxy) is 1. The average molecular weight is 439 g/mol. The lowest BCUT2D eigenvalue weighted by atomic mass is 10.0. The van der Waals surface area contributed by atoms with Gasteiger partial charge in [-0.15, -0.1) is 0 Å². The third-order valence-electron chi connectivity index (χ3n) is 5.44. The van der Waals surface area contributed by atoms with Crippen molar-refractivity contribution < 1.29 is 27.4 Å². The summed E-state index contributed by atoms with van der Waals surface area (Å²) in [5.74, 6) is -4.18. The number of esters is 1. The minimum Gasteiger partial charge on any atom is -0.461 e. The largest absolute Gasteiger partial charge is 0.461 e. The first kappa shape index (κ1) is 20.8. The number of anilines is 2. The zero-order valence-electron chi connectivity index (χ0n) is 16.8. The van der Waals surface area contributed by atoms with Crippen LogP contribution in [0.5, 0.6) is 0 Å². The van der Waals surface area contributed by atoms with Crippen molar-refractivity contribution in [1.82, 2.24) is 4.98 Å². The van der Waals surface area contributed by atoms with Crippen LogP contribution in [0.1, 0.15) is 29.4 Å². The van der Waals surface area contributed by atoms with Crippen LogP contribution in [0.3, 0.4) is 0 Å². The number of rotatable bonds is 5. The number of alkyl halides is 2. The molecule has 1 atom stereocenters. The molecule has 1 fully saturated rings. The Morgan fingerprint density at radius 3 is 2.63 bits per heavy atom. The van der Waals surface area contributed by atoms with Gasteiger partial charge in [0, 0.05) is 31.5 Å². The van der Waals surface area contributed by atoms with E-state index in [1.54, 1.807) is 37.3 Å². The van der Waals surface area contributed by atoms with E-state index in [0.29, 0.717) is 22.6 Å². The third kappa shape index (κ3) is 3.38. The molecule has 1 aliphatic heterocycles. The summed E-state index contributed by atoms with van der Waals surface area (Å²) in [5.41, 5.74) is 3.19. The SMILES string of the molecule is CCOC(=O)c1ccc(C)c(-c2ccc3c(c2)N(C)S(O)(O)N3CC2CC2(F)F)n1. The van der Waals surface area contributed by atoms with Crippen molar-refractivity contribution in [2.45, 2.75) is 26.2 Å². The van der Waals surface area contributed by atoms with Gasteiger partial charge in [0.15, 0.2) is 0 Å². The minimum atomic E-state index is -3.43. The first-order valence-corrected chi connectivity index (χ1v) is 11.0. The smallest absolute Gasteiger partial charge is 0.356 e. The summed E-state index contributed by atoms with van der Waals surface area (Å²) < 4.78 is 55.7. The van der Waals surface area contributed by atoms with E-state index in [0.717, 1.165) is 5.56 Å². The maximum atomic E-state index is 13.4. The molecule has 2 N–H and O–H groups in total. The molecule has 0 bridgehead atoms. The Bertz CT molecular complexity index is 1020. The fourth-order valence-corrected chi connectivity index (χ4v) is 5.06. The molecule has 2 aromatic rings. The molecular formula is C20H23F2N3O4S. The van der Waals surface area contributed by atoms with Crippen LogP contribution in [-0.4, -0.2) is 46.2 Å². The van der Waals surface area contributed by atoms with Crippen molar-refractivity contribution in [2.75, 3.05) is 28.8 Å². The number of benzene rings is 1. The van der Waals surface area contributed by atoms with Crippen molar-refractivity contribution in [3.63, 3.8) is 0 Å². The zero-order valence-corrected chi connectivity index (χ0v) is 17.6. The third-order valence-corrected chi connectivity index (χ3v) is 7.31. The fraction of sp³-hybridized carbons (Fsp3) is 0.400. The summed E-state index contributed by atoms with van der Waals surface area (Å²) in [6.07, 6.45) is -0.250. The predicted molar refractivity (Wildman–Crippen MR) is 112 cm³/mol. The normalized spacial score (nSPS) is 21.9. The highest BCUT2D eigenvalue weighted by molar-refractivity contribution is 8.26. The Hall–Kier alpha value is -2.43. The van der Waals surface area contributed by atoms with Crippen molar-refractivity contribution in [3.8, 4) is 11.3 Å². The summed E-state index contributed by atoms with van der Waals surface area (Å²) in [5, 5.41) is 0. The zero-order chi connectivity index (χ0) is 21.8. The van der Waals surface area contributed by atoms with Gasteiger partial charge in [-0.1, -0.05) is 12.1 Å². The molecule has 2 heterocycles. The summed E-state index contributed by atoms with van der Waals surface area (Å²) >= 11 is 0. The Balaban J connectivity index is 1.71. The molecule has 0 spiro atoms. The Morgan fingerprint density at radius 1 is 1.30 bits per heavy atom. The molecule has 4 rings (SSSR count). The molecule has 162 valence electrons. The monoisotopic (exact) mass is 439 g/mol. The molecule has 0 amide bonds. The number of fused-ring (bicyclic) bond motifs is 1. The molecule has 1 aromatic carbocycles. The number of carbonyl (C=O) groups is 1. The number of hydrogen-bond donors (Lipinski definition) is 2. The molecule has 7 nitrogen and oxygen atoms in total. The van der Waals surface area contributed by atoms with E-state index in [-0.39, 0.29) is 25.3 Å². The molecule has 0 saturated heterocycles. The standard InChI is InChI=1S/C20H23F2N3O4S/c1-4-29-19(26)15-7-5-12(2)18(23-15)13-6-8-16-17(9-13)24(3)30(27,28)25(16)11-14-10-20(14,21)22/h5-9,14,27-28H,4,10-11H2,1-3H3. The van der Waals surface area contributed by atoms with Gasteiger partial charge in [0.1, 0.15) is 5.69 Å². The van der Waals surface area contributed by atoms with E-state index in [4.69, 9.17) is 4.74 Å². The van der Waals surface area contributed by atoms with Crippen LogP contribution in [-0.2, 0) is 4.74 Å². The van der Waals surface area contributed by atoms with Gasteiger partial charge in [-0.25, -0.2) is 18.6 Å². The van der Waals surface area contributed by atoms with Gasteiger partial charge in [0.2, 0.25) is 0 Å². The minimum absolute atomic E-state index is 0.137. The van der Waals surface area contributed by atoms with E-state index in [1.165, 1.54) is 15.7 Å². The Labute approximate surface area is 174 Å². The van der Waals surface area contributed by atoms with E-state index in [1.807, 2.05) is 6.92 Å². The quantitative estimate of drug-likeness (QED) is 0.652. The number of aromatic nitrogens is 1. The summed E-state index contributed by atoms with van der Waals surface area (Å²) in [4.78, 5) is 16.5. The van der Waals surface area contributed by atoms with Gasteiger partial charge in [0.25, 0.3) is 5.92 Å². The van der Waals surface area contributed by atoms with E-state index in [2.05, 4.69) is 4.98 Å². The molecule has 1 saturated carbocycles. The maximum absolute atomic E-state index is 13.4. The fourth-order valence-electron chi connectivity index (χ4n) is 3.55. The summed E-state index contributed by atoms with van der Waals surface area (Å²) in [7, 11) is -1.92. The first-order valence-electron chi connectivity index (χ1n) is 9.53. The molecule has 30 heavy (non-hydrogen) atoms. The van der Waals surface area contributed by atoms with Gasteiger partial charge in [-0.3, -0.25) is 17.7 Å². The van der Waals surface area contributed by atoms with Gasteiger partial charge >= 0.3 is 5.97 Å². The van der Waals surface area contributed by atoms with Gasteiger partial charge < -0.3 is 4.74 Å². The number of pyridine rings is 1. The van der Waals surface area contributed by atoms with Crippen LogP contribution in [0.15, 0.2) is 30.3 Å². The summed E-state index contributed by atoms with van der Waals surface area (Å²) in [6, 6.07) is 8.47. The lowest BCUT2D eigenvalue weighted by Crippen LogP contribution is -2.33. The summed E-state index contributed by atoms with van der Waals surface area (Å²) in [6.45, 7) is 3.66. The number of hydrogen-bond acceptors (Lipinski definition) is 7. The average Bonchev–Trinajstić information content (AvgIpc) is 3.26. The Morgan fingerprint density at radius 2 is 2.00 bits per heavy atom. The molecule has 0 radical (unpaired) electrons. The van der Waals surface area contributed by atoms with Gasteiger partial charge in [0.05, 0.1) is 23.7 Å².